The lowest BCUT2D eigenvalue weighted by molar-refractivity contribution is -0.384. The molecular formula is C25H18Cl3N3O5. The zero-order valence-electron chi connectivity index (χ0n) is 18.8. The molecule has 1 N–H and O–H groups in total. The number of hydrogen-bond donors (Lipinski definition) is 1. The third-order valence-electron chi connectivity index (χ3n) is 4.69. The van der Waals surface area contributed by atoms with Crippen LogP contribution in [0.4, 0.5) is 11.4 Å². The van der Waals surface area contributed by atoms with Gasteiger partial charge < -0.3 is 14.8 Å². The number of non-ortho nitro benzene ring substituents is 1. The number of anilines is 1. The minimum absolute atomic E-state index is 0.00611. The second-order valence-corrected chi connectivity index (χ2v) is 8.45. The summed E-state index contributed by atoms with van der Waals surface area (Å²) >= 11 is 18.3. The van der Waals surface area contributed by atoms with E-state index in [9.17, 15) is 20.2 Å². The Kier molecular flexibility index (Phi) is 9.14. The summed E-state index contributed by atoms with van der Waals surface area (Å²) in [5.74, 6) is -0.152. The quantitative estimate of drug-likeness (QED) is 0.133. The third kappa shape index (κ3) is 6.89. The molecule has 3 rings (SSSR count). The van der Waals surface area contributed by atoms with Crippen LogP contribution in [0.1, 0.15) is 18.1 Å². The first-order valence-corrected chi connectivity index (χ1v) is 11.6. The molecule has 3 aromatic rings. The molecule has 0 saturated carbocycles. The van der Waals surface area contributed by atoms with E-state index in [1.807, 2.05) is 6.07 Å². The number of halogens is 3. The molecule has 0 saturated heterocycles. The van der Waals surface area contributed by atoms with Gasteiger partial charge in [-0.2, -0.15) is 5.26 Å². The monoisotopic (exact) mass is 545 g/mol. The number of amides is 1. The Morgan fingerprint density at radius 3 is 2.53 bits per heavy atom. The Morgan fingerprint density at radius 1 is 1.08 bits per heavy atom. The zero-order valence-corrected chi connectivity index (χ0v) is 21.0. The highest BCUT2D eigenvalue weighted by atomic mass is 35.5. The Morgan fingerprint density at radius 2 is 1.86 bits per heavy atom. The van der Waals surface area contributed by atoms with E-state index in [1.54, 1.807) is 31.2 Å². The summed E-state index contributed by atoms with van der Waals surface area (Å²) in [4.78, 5) is 23.1. The van der Waals surface area contributed by atoms with Gasteiger partial charge in [0.2, 0.25) is 0 Å². The molecule has 0 unspecified atom stereocenters. The standard InChI is InChI=1S/C25H18Cl3N3O5/c1-2-35-23-11-16(8-17(13-29)25(32)30-18-6-7-20(26)21(27)12-18)10-22(28)24(23)36-14-15-4-3-5-19(9-15)31(33)34/h3-12H,2,14H2,1H3,(H,30,32)/b17-8+. The molecular weight excluding hydrogens is 529 g/mol. The number of nitriles is 1. The number of nitro groups is 1. The van der Waals surface area contributed by atoms with Crippen LogP contribution in [0.3, 0.4) is 0 Å². The molecule has 3 aromatic carbocycles. The van der Waals surface area contributed by atoms with Gasteiger partial charge in [0.25, 0.3) is 11.6 Å². The summed E-state index contributed by atoms with van der Waals surface area (Å²) in [6, 6.07) is 15.5. The minimum Gasteiger partial charge on any atom is -0.490 e. The number of rotatable bonds is 9. The predicted molar refractivity (Wildman–Crippen MR) is 139 cm³/mol. The summed E-state index contributed by atoms with van der Waals surface area (Å²) < 4.78 is 11.5. The number of benzene rings is 3. The van der Waals surface area contributed by atoms with E-state index in [2.05, 4.69) is 5.32 Å². The van der Waals surface area contributed by atoms with Crippen molar-refractivity contribution in [2.45, 2.75) is 13.5 Å². The molecule has 11 heteroatoms. The van der Waals surface area contributed by atoms with Gasteiger partial charge in [0.05, 0.1) is 26.6 Å². The molecule has 184 valence electrons. The van der Waals surface area contributed by atoms with Gasteiger partial charge >= 0.3 is 0 Å². The average molecular weight is 547 g/mol. The zero-order chi connectivity index (χ0) is 26.2. The van der Waals surface area contributed by atoms with Crippen molar-refractivity contribution in [3.8, 4) is 17.6 Å². The van der Waals surface area contributed by atoms with Crippen LogP contribution in [0.15, 0.2) is 60.2 Å². The normalized spacial score (nSPS) is 10.9. The molecule has 0 fully saturated rings. The van der Waals surface area contributed by atoms with Crippen molar-refractivity contribution < 1.29 is 19.2 Å². The van der Waals surface area contributed by atoms with Crippen molar-refractivity contribution >= 4 is 58.2 Å². The Hall–Kier alpha value is -3.77. The number of carbonyl (C=O) groups excluding carboxylic acids is 1. The molecule has 36 heavy (non-hydrogen) atoms. The van der Waals surface area contributed by atoms with Gasteiger partial charge in [0, 0.05) is 17.8 Å². The summed E-state index contributed by atoms with van der Waals surface area (Å²) in [7, 11) is 0. The Labute approximate surface area is 221 Å². The number of nitrogens with zero attached hydrogens (tertiary/aromatic N) is 2. The number of nitro benzene ring substituents is 1. The highest BCUT2D eigenvalue weighted by Crippen LogP contribution is 2.38. The van der Waals surface area contributed by atoms with E-state index in [-0.39, 0.29) is 39.4 Å². The molecule has 0 aliphatic rings. The van der Waals surface area contributed by atoms with Gasteiger partial charge in [-0.05, 0) is 54.5 Å². The molecule has 0 aromatic heterocycles. The van der Waals surface area contributed by atoms with Crippen LogP contribution in [0.2, 0.25) is 15.1 Å². The molecule has 1 amide bonds. The van der Waals surface area contributed by atoms with Crippen LogP contribution in [0, 0.1) is 21.4 Å². The molecule has 0 aliphatic carbocycles. The second kappa shape index (κ2) is 12.3. The Balaban J connectivity index is 1.85. The maximum atomic E-state index is 12.6. The van der Waals surface area contributed by atoms with Gasteiger partial charge in [-0.15, -0.1) is 0 Å². The minimum atomic E-state index is -0.657. The molecule has 0 bridgehead atoms. The largest absolute Gasteiger partial charge is 0.490 e. The molecule has 0 aliphatic heterocycles. The van der Waals surface area contributed by atoms with Crippen LogP contribution < -0.4 is 14.8 Å². The van der Waals surface area contributed by atoms with Gasteiger partial charge in [-0.3, -0.25) is 14.9 Å². The average Bonchev–Trinajstić information content (AvgIpc) is 2.84. The van der Waals surface area contributed by atoms with E-state index < -0.39 is 10.8 Å². The van der Waals surface area contributed by atoms with Crippen LogP contribution in [-0.4, -0.2) is 17.4 Å². The van der Waals surface area contributed by atoms with Crippen molar-refractivity contribution in [3.63, 3.8) is 0 Å². The lowest BCUT2D eigenvalue weighted by Crippen LogP contribution is -2.13. The summed E-state index contributed by atoms with van der Waals surface area (Å²) in [6.45, 7) is 2.07. The number of nitrogens with one attached hydrogen (secondary N) is 1. The number of carbonyl (C=O) groups is 1. The predicted octanol–water partition coefficient (Wildman–Crippen LogP) is 7.08. The highest BCUT2D eigenvalue weighted by molar-refractivity contribution is 6.42. The topological polar surface area (TPSA) is 114 Å². The third-order valence-corrected chi connectivity index (χ3v) is 5.71. The van der Waals surface area contributed by atoms with Gasteiger partial charge in [-0.1, -0.05) is 46.9 Å². The van der Waals surface area contributed by atoms with E-state index in [1.165, 1.54) is 36.4 Å². The first-order valence-electron chi connectivity index (χ1n) is 10.4. The fraction of sp³-hybridized carbons (Fsp3) is 0.120. The molecule has 0 atom stereocenters. The van der Waals surface area contributed by atoms with Crippen LogP contribution in [-0.2, 0) is 11.4 Å². The first-order chi connectivity index (χ1) is 17.2. The molecule has 0 radical (unpaired) electrons. The summed E-state index contributed by atoms with van der Waals surface area (Å²) in [5, 5.41) is 23.9. The number of hydrogen-bond acceptors (Lipinski definition) is 6. The summed E-state index contributed by atoms with van der Waals surface area (Å²) in [6.07, 6.45) is 1.35. The molecule has 0 heterocycles. The smallest absolute Gasteiger partial charge is 0.269 e. The van der Waals surface area contributed by atoms with Gasteiger partial charge in [-0.25, -0.2) is 0 Å². The maximum Gasteiger partial charge on any atom is 0.269 e. The van der Waals surface area contributed by atoms with E-state index in [0.29, 0.717) is 28.4 Å². The highest BCUT2D eigenvalue weighted by Gasteiger charge is 2.16. The Bertz CT molecular complexity index is 1390. The van der Waals surface area contributed by atoms with E-state index >= 15 is 0 Å². The lowest BCUT2D eigenvalue weighted by atomic mass is 10.1. The van der Waals surface area contributed by atoms with E-state index in [4.69, 9.17) is 44.3 Å². The van der Waals surface area contributed by atoms with E-state index in [0.717, 1.165) is 0 Å². The summed E-state index contributed by atoms with van der Waals surface area (Å²) in [5.41, 5.74) is 1.11. The number of ether oxygens (including phenoxy) is 2. The fourth-order valence-corrected chi connectivity index (χ4v) is 3.65. The van der Waals surface area contributed by atoms with Crippen LogP contribution >= 0.6 is 34.8 Å². The maximum absolute atomic E-state index is 12.6. The van der Waals surface area contributed by atoms with Gasteiger partial charge in [0.1, 0.15) is 18.2 Å². The van der Waals surface area contributed by atoms with Crippen molar-refractivity contribution in [1.29, 1.82) is 5.26 Å². The molecule has 8 nitrogen and oxygen atoms in total. The second-order valence-electron chi connectivity index (χ2n) is 7.23. The first kappa shape index (κ1) is 26.8. The lowest BCUT2D eigenvalue weighted by Gasteiger charge is -2.15. The van der Waals surface area contributed by atoms with Crippen molar-refractivity contribution in [1.82, 2.24) is 0 Å². The van der Waals surface area contributed by atoms with Crippen molar-refractivity contribution in [2.24, 2.45) is 0 Å². The van der Waals surface area contributed by atoms with Crippen molar-refractivity contribution in [2.75, 3.05) is 11.9 Å². The molecule has 0 spiro atoms. The van der Waals surface area contributed by atoms with Crippen LogP contribution in [0.25, 0.3) is 6.08 Å². The van der Waals surface area contributed by atoms with Crippen LogP contribution in [0.5, 0.6) is 11.5 Å². The van der Waals surface area contributed by atoms with Crippen molar-refractivity contribution in [3.05, 3.63) is 96.5 Å². The fourth-order valence-electron chi connectivity index (χ4n) is 3.08. The van der Waals surface area contributed by atoms with Gasteiger partial charge in [0.15, 0.2) is 11.5 Å². The SMILES string of the molecule is CCOc1cc(/C=C(\C#N)C(=O)Nc2ccc(Cl)c(Cl)c2)cc(Cl)c1OCc1cccc([N+](=O)[O-])c1.